The van der Waals surface area contributed by atoms with Crippen molar-refractivity contribution in [1.29, 1.82) is 0 Å². The quantitative estimate of drug-likeness (QED) is 0.228. The molecule has 2 aromatic rings. The minimum atomic E-state index is -0.294. The average Bonchev–Trinajstić information content (AvgIpc) is 2.68. The minimum absolute atomic E-state index is 0.250. The number of carbonyl (C=O) groups is 1. The van der Waals surface area contributed by atoms with Gasteiger partial charge in [-0.3, -0.25) is 4.79 Å². The van der Waals surface area contributed by atoms with Crippen molar-refractivity contribution in [3.8, 4) is 23.0 Å². The second-order valence-corrected chi connectivity index (χ2v) is 10.7. The maximum atomic E-state index is 13.6. The summed E-state index contributed by atoms with van der Waals surface area (Å²) in [6, 6.07) is 3.37. The first-order chi connectivity index (χ1) is 13.2. The zero-order valence-electron chi connectivity index (χ0n) is 15.2. The highest BCUT2D eigenvalue weighted by atomic mass is 79.9. The van der Waals surface area contributed by atoms with Gasteiger partial charge in [0.25, 0.3) is 0 Å². The fraction of sp³-hybridized carbons (Fsp3) is 0.278. The third-order valence-corrected chi connectivity index (χ3v) is 7.76. The van der Waals surface area contributed by atoms with Crippen molar-refractivity contribution in [3.05, 3.63) is 42.2 Å². The van der Waals surface area contributed by atoms with E-state index < -0.39 is 0 Å². The van der Waals surface area contributed by atoms with Crippen LogP contribution in [-0.4, -0.2) is 34.2 Å². The predicted molar refractivity (Wildman–Crippen MR) is 126 cm³/mol. The van der Waals surface area contributed by atoms with Gasteiger partial charge in [-0.25, -0.2) is 0 Å². The molecule has 0 fully saturated rings. The molecule has 0 bridgehead atoms. The summed E-state index contributed by atoms with van der Waals surface area (Å²) in [4.78, 5) is 13.6. The van der Waals surface area contributed by atoms with E-state index in [9.17, 15) is 4.79 Å². The van der Waals surface area contributed by atoms with Gasteiger partial charge in [0.1, 0.15) is 0 Å². The van der Waals surface area contributed by atoms with Crippen LogP contribution >= 0.6 is 79.6 Å². The van der Waals surface area contributed by atoms with E-state index in [1.807, 2.05) is 0 Å². The molecular formula is C18H15Br5O5. The minimum Gasteiger partial charge on any atom is -0.493 e. The molecule has 10 heteroatoms. The standard InChI is InChI=1S/C18H15Br5O5/c1-25-9-5-7(18(22)23)11(13(20)16(9)27-3)15(24)8-6-10(26-2)17(28-4)14(21)12(8)19/h5-6,18H,1-4H3. The number of hydrogen-bond acceptors (Lipinski definition) is 5. The van der Waals surface area contributed by atoms with Crippen LogP contribution in [0, 0.1) is 0 Å². The Hall–Kier alpha value is -0.290. The third kappa shape index (κ3) is 4.40. The van der Waals surface area contributed by atoms with Crippen molar-refractivity contribution < 1.29 is 23.7 Å². The lowest BCUT2D eigenvalue weighted by Crippen LogP contribution is -2.10. The molecule has 0 aromatic heterocycles. The largest absolute Gasteiger partial charge is 0.493 e. The van der Waals surface area contributed by atoms with Crippen molar-refractivity contribution in [2.45, 2.75) is 3.74 Å². The molecule has 5 nitrogen and oxygen atoms in total. The van der Waals surface area contributed by atoms with Crippen LogP contribution in [0.25, 0.3) is 0 Å². The zero-order chi connectivity index (χ0) is 21.2. The number of carbonyl (C=O) groups excluding carboxylic acids is 1. The number of methoxy groups -OCH3 is 4. The van der Waals surface area contributed by atoms with Crippen molar-refractivity contribution in [2.24, 2.45) is 0 Å². The molecular weight excluding hydrogens is 696 g/mol. The number of halogens is 5. The summed E-state index contributed by atoms with van der Waals surface area (Å²) in [6.45, 7) is 0. The number of hydrogen-bond donors (Lipinski definition) is 0. The first kappa shape index (κ1) is 24.0. The molecule has 0 unspecified atom stereocenters. The van der Waals surface area contributed by atoms with Gasteiger partial charge in [-0.15, -0.1) is 0 Å². The zero-order valence-corrected chi connectivity index (χ0v) is 23.1. The lowest BCUT2D eigenvalue weighted by atomic mass is 9.98. The smallest absolute Gasteiger partial charge is 0.195 e. The highest BCUT2D eigenvalue weighted by Crippen LogP contribution is 2.48. The van der Waals surface area contributed by atoms with Crippen molar-refractivity contribution in [1.82, 2.24) is 0 Å². The van der Waals surface area contributed by atoms with Crippen LogP contribution in [-0.2, 0) is 0 Å². The average molecular weight is 711 g/mol. The summed E-state index contributed by atoms with van der Waals surface area (Å²) >= 11 is 17.4. The Balaban J connectivity index is 2.82. The molecule has 0 atom stereocenters. The van der Waals surface area contributed by atoms with Crippen LogP contribution in [0.5, 0.6) is 23.0 Å². The van der Waals surface area contributed by atoms with Gasteiger partial charge in [0.2, 0.25) is 0 Å². The van der Waals surface area contributed by atoms with Crippen LogP contribution < -0.4 is 18.9 Å². The van der Waals surface area contributed by atoms with E-state index in [1.165, 1.54) is 28.4 Å². The number of alkyl halides is 2. The Kier molecular flexibility index (Phi) is 8.69. The Morgan fingerprint density at radius 1 is 0.786 bits per heavy atom. The Morgan fingerprint density at radius 3 is 1.75 bits per heavy atom. The van der Waals surface area contributed by atoms with E-state index in [4.69, 9.17) is 18.9 Å². The van der Waals surface area contributed by atoms with Gasteiger partial charge in [-0.05, 0) is 65.5 Å². The van der Waals surface area contributed by atoms with Crippen molar-refractivity contribution in [2.75, 3.05) is 28.4 Å². The molecule has 0 aliphatic heterocycles. The molecule has 0 amide bonds. The Morgan fingerprint density at radius 2 is 1.29 bits per heavy atom. The van der Waals surface area contributed by atoms with Gasteiger partial charge < -0.3 is 18.9 Å². The molecule has 0 radical (unpaired) electrons. The first-order valence-electron chi connectivity index (χ1n) is 7.60. The van der Waals surface area contributed by atoms with E-state index >= 15 is 0 Å². The SMILES string of the molecule is COc1cc(C(=O)c2c(C(Br)Br)cc(OC)c(OC)c2Br)c(Br)c(Br)c1OC. The highest BCUT2D eigenvalue weighted by Gasteiger charge is 2.29. The van der Waals surface area contributed by atoms with Gasteiger partial charge >= 0.3 is 0 Å². The van der Waals surface area contributed by atoms with Gasteiger partial charge in [-0.2, -0.15) is 0 Å². The number of benzene rings is 2. The highest BCUT2D eigenvalue weighted by molar-refractivity contribution is 9.24. The van der Waals surface area contributed by atoms with Crippen LogP contribution in [0.4, 0.5) is 0 Å². The van der Waals surface area contributed by atoms with E-state index in [2.05, 4.69) is 79.6 Å². The lowest BCUT2D eigenvalue weighted by Gasteiger charge is -2.19. The molecule has 0 aliphatic rings. The van der Waals surface area contributed by atoms with Gasteiger partial charge in [0.15, 0.2) is 28.8 Å². The van der Waals surface area contributed by atoms with E-state index in [1.54, 1.807) is 12.1 Å². The summed E-state index contributed by atoms with van der Waals surface area (Å²) in [5, 5.41) is 0. The van der Waals surface area contributed by atoms with E-state index in [0.29, 0.717) is 53.1 Å². The van der Waals surface area contributed by atoms with Crippen LogP contribution in [0.3, 0.4) is 0 Å². The van der Waals surface area contributed by atoms with Crippen LogP contribution in [0.2, 0.25) is 0 Å². The summed E-state index contributed by atoms with van der Waals surface area (Å²) in [7, 11) is 6.09. The fourth-order valence-electron chi connectivity index (χ4n) is 2.60. The summed E-state index contributed by atoms with van der Waals surface area (Å²) < 4.78 is 22.9. The number of rotatable bonds is 7. The molecule has 28 heavy (non-hydrogen) atoms. The summed E-state index contributed by atoms with van der Waals surface area (Å²) in [6.07, 6.45) is 0. The van der Waals surface area contributed by atoms with Crippen molar-refractivity contribution >= 4 is 85.4 Å². The maximum absolute atomic E-state index is 13.6. The van der Waals surface area contributed by atoms with E-state index in [-0.39, 0.29) is 9.52 Å². The van der Waals surface area contributed by atoms with E-state index in [0.717, 1.165) is 0 Å². The second kappa shape index (κ2) is 10.1. The Bertz CT molecular complexity index is 914. The summed E-state index contributed by atoms with van der Waals surface area (Å²) in [5.74, 6) is 1.58. The molecule has 0 N–H and O–H groups in total. The number of ether oxygens (including phenoxy) is 4. The summed E-state index contributed by atoms with van der Waals surface area (Å²) in [5.41, 5.74) is 1.47. The molecule has 0 aliphatic carbocycles. The topological polar surface area (TPSA) is 54.0 Å². The molecule has 0 spiro atoms. The van der Waals surface area contributed by atoms with Gasteiger partial charge in [0.05, 0.1) is 41.1 Å². The normalized spacial score (nSPS) is 10.8. The predicted octanol–water partition coefficient (Wildman–Crippen LogP) is 7.03. The van der Waals surface area contributed by atoms with Crippen molar-refractivity contribution in [3.63, 3.8) is 0 Å². The monoisotopic (exact) mass is 706 g/mol. The molecule has 2 aromatic carbocycles. The molecule has 0 saturated carbocycles. The maximum Gasteiger partial charge on any atom is 0.195 e. The fourth-order valence-corrected chi connectivity index (χ4v) is 5.13. The second-order valence-electron chi connectivity index (χ2n) is 5.31. The molecule has 2 rings (SSSR count). The Labute approximate surface area is 205 Å². The van der Waals surface area contributed by atoms with Crippen LogP contribution in [0.1, 0.15) is 25.2 Å². The third-order valence-electron chi connectivity index (χ3n) is 3.90. The molecule has 152 valence electrons. The first-order valence-corrected chi connectivity index (χ1v) is 11.8. The van der Waals surface area contributed by atoms with Gasteiger partial charge in [-0.1, -0.05) is 31.9 Å². The van der Waals surface area contributed by atoms with Gasteiger partial charge in [0, 0.05) is 15.6 Å². The molecule has 0 heterocycles. The lowest BCUT2D eigenvalue weighted by molar-refractivity contribution is 0.103. The molecule has 0 saturated heterocycles. The number of ketones is 1. The van der Waals surface area contributed by atoms with Crippen LogP contribution in [0.15, 0.2) is 25.6 Å².